The number of benzene rings is 2. The summed E-state index contributed by atoms with van der Waals surface area (Å²) in [6.07, 6.45) is 3.86. The van der Waals surface area contributed by atoms with Gasteiger partial charge in [0.25, 0.3) is 5.91 Å². The lowest BCUT2D eigenvalue weighted by atomic mass is 9.81. The second-order valence-corrected chi connectivity index (χ2v) is 12.7. The minimum atomic E-state index is -0.940. The maximum absolute atomic E-state index is 14.2. The summed E-state index contributed by atoms with van der Waals surface area (Å²) in [7, 11) is 0. The van der Waals surface area contributed by atoms with Crippen LogP contribution in [0.3, 0.4) is 0 Å². The smallest absolute Gasteiger partial charge is 0.270 e. The van der Waals surface area contributed by atoms with E-state index in [1.54, 1.807) is 35.2 Å². The molecular weight excluding hydrogens is 660 g/mol. The SMILES string of the molecule is Cc1nc(C(=O)N[C@@H]2CCNC2=O)ccc1-c1ccc(C[C@@H](C(N)=O)N(C(=O)C2CCC(CN)CC2)c2ccc(-c3nn[nH]n3)cc2)cc1.Cl. The third kappa shape index (κ3) is 7.98. The van der Waals surface area contributed by atoms with Crippen LogP contribution >= 0.6 is 12.4 Å². The second-order valence-electron chi connectivity index (χ2n) is 12.7. The number of hydrogen-bond acceptors (Lipinski definition) is 9. The Hall–Kier alpha value is -5.21. The lowest BCUT2D eigenvalue weighted by Gasteiger charge is -2.35. The summed E-state index contributed by atoms with van der Waals surface area (Å²) in [4.78, 5) is 58.0. The van der Waals surface area contributed by atoms with Crippen LogP contribution in [0.2, 0.25) is 0 Å². The highest BCUT2D eigenvalue weighted by Gasteiger charge is 2.36. The quantitative estimate of drug-likeness (QED) is 0.155. The van der Waals surface area contributed by atoms with Crippen molar-refractivity contribution in [2.24, 2.45) is 23.3 Å². The molecule has 2 aromatic carbocycles. The van der Waals surface area contributed by atoms with Gasteiger partial charge in [0.05, 0.1) is 0 Å². The van der Waals surface area contributed by atoms with Crippen LogP contribution in [0.1, 0.15) is 53.8 Å². The summed E-state index contributed by atoms with van der Waals surface area (Å²) >= 11 is 0. The molecule has 4 aromatic rings. The molecule has 1 aliphatic carbocycles. The molecule has 15 heteroatoms. The molecule has 7 N–H and O–H groups in total. The number of nitrogens with two attached hydrogens (primary N) is 2. The molecule has 2 aliphatic rings. The fourth-order valence-electron chi connectivity index (χ4n) is 6.68. The van der Waals surface area contributed by atoms with Gasteiger partial charge in [-0.2, -0.15) is 5.21 Å². The van der Waals surface area contributed by atoms with Crippen molar-refractivity contribution >= 4 is 41.7 Å². The first-order valence-corrected chi connectivity index (χ1v) is 16.5. The van der Waals surface area contributed by atoms with E-state index in [1.807, 2.05) is 37.3 Å². The Balaban J connectivity index is 0.00000486. The Bertz CT molecular complexity index is 1810. The standard InChI is InChI=1S/C35H40N10O4.ClH/c1-20-27(14-15-28(39-20)34(48)40-29-16-17-38-33(29)47)23-6-2-21(3-7-23)18-30(31(37)46)45(35(49)25-8-4-22(19-36)5-9-25)26-12-10-24(11-13-26)32-41-43-44-42-32;/h2-3,6-7,10-15,22,25,29-30H,4-5,8-9,16-19,36H2,1H3,(H2,37,46)(H,38,47)(H,40,48)(H,41,42,43,44);1H/t22?,25?,29-,30+;/m1./s1. The number of halogens is 1. The van der Waals surface area contributed by atoms with E-state index in [0.29, 0.717) is 61.0 Å². The van der Waals surface area contributed by atoms with Crippen molar-refractivity contribution in [1.82, 2.24) is 36.2 Å². The largest absolute Gasteiger partial charge is 0.368 e. The van der Waals surface area contributed by atoms with Crippen LogP contribution in [0.25, 0.3) is 22.5 Å². The van der Waals surface area contributed by atoms with Gasteiger partial charge in [0.1, 0.15) is 17.8 Å². The highest BCUT2D eigenvalue weighted by molar-refractivity contribution is 6.02. The van der Waals surface area contributed by atoms with Gasteiger partial charge in [0.2, 0.25) is 23.5 Å². The average Bonchev–Trinajstić information content (AvgIpc) is 3.81. The maximum Gasteiger partial charge on any atom is 0.270 e. The molecule has 1 aliphatic heterocycles. The summed E-state index contributed by atoms with van der Waals surface area (Å²) in [6.45, 7) is 2.95. The Labute approximate surface area is 295 Å². The van der Waals surface area contributed by atoms with Gasteiger partial charge in [-0.05, 0) is 98.2 Å². The zero-order valence-electron chi connectivity index (χ0n) is 27.7. The van der Waals surface area contributed by atoms with Crippen LogP contribution < -0.4 is 27.0 Å². The molecule has 6 rings (SSSR count). The van der Waals surface area contributed by atoms with Gasteiger partial charge in [-0.3, -0.25) is 24.1 Å². The number of pyridine rings is 1. The monoisotopic (exact) mass is 700 g/mol. The zero-order valence-corrected chi connectivity index (χ0v) is 28.5. The molecule has 50 heavy (non-hydrogen) atoms. The minimum Gasteiger partial charge on any atom is -0.368 e. The van der Waals surface area contributed by atoms with Gasteiger partial charge in [-0.25, -0.2) is 4.98 Å². The van der Waals surface area contributed by atoms with E-state index in [4.69, 9.17) is 11.5 Å². The first kappa shape index (κ1) is 36.1. The van der Waals surface area contributed by atoms with Gasteiger partial charge in [-0.15, -0.1) is 22.6 Å². The van der Waals surface area contributed by atoms with Gasteiger partial charge in [0, 0.05) is 41.4 Å². The number of aromatic amines is 1. The summed E-state index contributed by atoms with van der Waals surface area (Å²) in [5.41, 5.74) is 16.6. The van der Waals surface area contributed by atoms with Gasteiger partial charge >= 0.3 is 0 Å². The van der Waals surface area contributed by atoms with Crippen LogP contribution in [-0.4, -0.2) is 74.4 Å². The number of aromatic nitrogens is 5. The molecule has 2 aromatic heterocycles. The number of rotatable bonds is 11. The number of aryl methyl sites for hydroxylation is 1. The molecule has 3 heterocycles. The number of amides is 4. The van der Waals surface area contributed by atoms with Gasteiger partial charge < -0.3 is 22.1 Å². The van der Waals surface area contributed by atoms with Crippen LogP contribution in [0, 0.1) is 18.8 Å². The van der Waals surface area contributed by atoms with Crippen molar-refractivity contribution in [1.29, 1.82) is 0 Å². The van der Waals surface area contributed by atoms with E-state index in [-0.39, 0.29) is 42.3 Å². The summed E-state index contributed by atoms with van der Waals surface area (Å²) in [6, 6.07) is 16.7. The van der Waals surface area contributed by atoms with Gasteiger partial charge in [0.15, 0.2) is 0 Å². The maximum atomic E-state index is 14.2. The third-order valence-electron chi connectivity index (χ3n) is 9.52. The third-order valence-corrected chi connectivity index (χ3v) is 9.52. The topological polar surface area (TPSA) is 215 Å². The number of nitrogens with one attached hydrogen (secondary N) is 3. The Kier molecular flexibility index (Phi) is 11.5. The Morgan fingerprint density at radius 3 is 2.24 bits per heavy atom. The molecule has 2 fully saturated rings. The number of hydrogen-bond donors (Lipinski definition) is 5. The van der Waals surface area contributed by atoms with Crippen molar-refractivity contribution in [3.8, 4) is 22.5 Å². The number of anilines is 1. The minimum absolute atomic E-state index is 0. The van der Waals surface area contributed by atoms with Crippen molar-refractivity contribution < 1.29 is 19.2 Å². The number of carbonyl (C=O) groups excluding carboxylic acids is 4. The molecule has 1 saturated heterocycles. The predicted molar refractivity (Wildman–Crippen MR) is 189 cm³/mol. The van der Waals surface area contributed by atoms with Crippen molar-refractivity contribution in [2.75, 3.05) is 18.0 Å². The average molecular weight is 701 g/mol. The first-order valence-electron chi connectivity index (χ1n) is 16.5. The van der Waals surface area contributed by atoms with Crippen molar-refractivity contribution in [3.05, 3.63) is 77.6 Å². The van der Waals surface area contributed by atoms with Crippen LogP contribution in [0.4, 0.5) is 5.69 Å². The van der Waals surface area contributed by atoms with Crippen LogP contribution in [0.15, 0.2) is 60.7 Å². The van der Waals surface area contributed by atoms with E-state index < -0.39 is 23.9 Å². The summed E-state index contributed by atoms with van der Waals surface area (Å²) in [5.74, 6) is -0.787. The molecule has 1 saturated carbocycles. The molecule has 0 bridgehead atoms. The fourth-order valence-corrected chi connectivity index (χ4v) is 6.68. The molecular formula is C35H41ClN10O4. The van der Waals surface area contributed by atoms with Crippen molar-refractivity contribution in [2.45, 2.75) is 57.5 Å². The summed E-state index contributed by atoms with van der Waals surface area (Å²) in [5, 5.41) is 19.5. The van der Waals surface area contributed by atoms with Crippen LogP contribution in [-0.2, 0) is 20.8 Å². The van der Waals surface area contributed by atoms with E-state index in [0.717, 1.165) is 29.5 Å². The molecule has 14 nitrogen and oxygen atoms in total. The number of nitrogens with zero attached hydrogens (tertiary/aromatic N) is 5. The summed E-state index contributed by atoms with van der Waals surface area (Å²) < 4.78 is 0. The fraction of sp³-hybridized carbons (Fsp3) is 0.371. The lowest BCUT2D eigenvalue weighted by Crippen LogP contribution is -2.52. The van der Waals surface area contributed by atoms with E-state index in [9.17, 15) is 19.2 Å². The number of primary amides is 1. The van der Waals surface area contributed by atoms with E-state index in [1.165, 1.54) is 0 Å². The highest BCUT2D eigenvalue weighted by Crippen LogP contribution is 2.33. The lowest BCUT2D eigenvalue weighted by molar-refractivity contribution is -0.127. The molecule has 2 atom stereocenters. The van der Waals surface area contributed by atoms with Crippen molar-refractivity contribution in [3.63, 3.8) is 0 Å². The Morgan fingerprint density at radius 1 is 0.960 bits per heavy atom. The number of H-pyrrole nitrogens is 1. The predicted octanol–water partition coefficient (Wildman–Crippen LogP) is 2.47. The molecule has 262 valence electrons. The molecule has 0 unspecified atom stereocenters. The Morgan fingerprint density at radius 2 is 1.66 bits per heavy atom. The molecule has 4 amide bonds. The highest BCUT2D eigenvalue weighted by atomic mass is 35.5. The number of carbonyl (C=O) groups is 4. The molecule has 0 radical (unpaired) electrons. The zero-order chi connectivity index (χ0) is 34.5. The number of tetrazole rings is 1. The van der Waals surface area contributed by atoms with E-state index in [2.05, 4.69) is 36.2 Å². The first-order chi connectivity index (χ1) is 23.7. The normalized spacial score (nSPS) is 19.2. The second kappa shape index (κ2) is 16.0. The van der Waals surface area contributed by atoms with E-state index >= 15 is 0 Å². The van der Waals surface area contributed by atoms with Crippen LogP contribution in [0.5, 0.6) is 0 Å². The van der Waals surface area contributed by atoms with Gasteiger partial charge in [-0.1, -0.05) is 30.3 Å². The molecule has 0 spiro atoms.